The van der Waals surface area contributed by atoms with E-state index in [9.17, 15) is 57.4 Å². The van der Waals surface area contributed by atoms with Crippen molar-refractivity contribution >= 4 is 59.1 Å². The maximum Gasteiger partial charge on any atom is 0.254 e. The molecule has 0 radical (unpaired) electrons. The molecular weight excluding hydrogens is 993 g/mol. The van der Waals surface area contributed by atoms with Gasteiger partial charge in [0.1, 0.15) is 42.9 Å². The topological polar surface area (TPSA) is 313 Å². The zero-order chi connectivity index (χ0) is 55.7. The lowest BCUT2D eigenvalue weighted by molar-refractivity contribution is -0.141. The van der Waals surface area contributed by atoms with Crippen molar-refractivity contribution in [2.24, 2.45) is 11.1 Å². The minimum absolute atomic E-state index is 0.0551. The fourth-order valence-corrected chi connectivity index (χ4v) is 8.23. The summed E-state index contributed by atoms with van der Waals surface area (Å²) < 4.78 is 31.7. The van der Waals surface area contributed by atoms with Gasteiger partial charge in [-0.3, -0.25) is 57.8 Å². The number of nitrogens with two attached hydrogens (primary N) is 1. The number of carbonyl (C=O) groups is 10. The number of rotatable bonds is 26. The first-order valence-corrected chi connectivity index (χ1v) is 24.1. The molecule has 0 saturated carbocycles. The second-order valence-electron chi connectivity index (χ2n) is 18.8. The smallest absolute Gasteiger partial charge is 0.254 e. The van der Waals surface area contributed by atoms with Crippen LogP contribution < -0.4 is 37.6 Å². The molecular formula is C52H61F2N11O11. The monoisotopic (exact) mass is 1050 g/mol. The van der Waals surface area contributed by atoms with Crippen molar-refractivity contribution in [3.8, 4) is 11.1 Å². The fourth-order valence-electron chi connectivity index (χ4n) is 8.23. The van der Waals surface area contributed by atoms with Crippen LogP contribution in [0.4, 0.5) is 8.78 Å². The molecule has 404 valence electrons. The summed E-state index contributed by atoms with van der Waals surface area (Å²) in [5, 5.41) is 25.1. The van der Waals surface area contributed by atoms with Crippen molar-refractivity contribution in [1.29, 1.82) is 0 Å². The van der Waals surface area contributed by atoms with Crippen LogP contribution in [0.15, 0.2) is 97.5 Å². The highest BCUT2D eigenvalue weighted by Crippen LogP contribution is 2.41. The van der Waals surface area contributed by atoms with E-state index in [0.717, 1.165) is 35.9 Å². The highest BCUT2D eigenvalue weighted by Gasteiger charge is 2.38. The molecule has 1 aliphatic heterocycles. The molecule has 5 rings (SSSR count). The van der Waals surface area contributed by atoms with E-state index in [2.05, 4.69) is 36.9 Å². The highest BCUT2D eigenvalue weighted by atomic mass is 19.1. The largest absolute Gasteiger partial charge is 0.387 e. The van der Waals surface area contributed by atoms with Gasteiger partial charge >= 0.3 is 0 Å². The van der Waals surface area contributed by atoms with Crippen LogP contribution in [0, 0.1) is 17.0 Å². The van der Waals surface area contributed by atoms with Crippen molar-refractivity contribution in [1.82, 2.24) is 51.3 Å². The molecule has 0 fully saturated rings. The lowest BCUT2D eigenvalue weighted by Crippen LogP contribution is -2.57. The summed E-state index contributed by atoms with van der Waals surface area (Å²) in [6.45, 7) is 3.71. The third-order valence-electron chi connectivity index (χ3n) is 11.8. The van der Waals surface area contributed by atoms with Crippen molar-refractivity contribution < 1.29 is 61.8 Å². The van der Waals surface area contributed by atoms with Crippen LogP contribution in [-0.2, 0) is 60.9 Å². The van der Waals surface area contributed by atoms with Gasteiger partial charge in [-0.05, 0) is 66.3 Å². The molecule has 0 unspecified atom stereocenters. The molecule has 1 aliphatic rings. The Bertz CT molecular complexity index is 2800. The molecule has 4 aromatic rings. The summed E-state index contributed by atoms with van der Waals surface area (Å²) in [7, 11) is 0. The van der Waals surface area contributed by atoms with Gasteiger partial charge in [0.2, 0.25) is 47.3 Å². The second-order valence-corrected chi connectivity index (χ2v) is 18.8. The maximum atomic E-state index is 15.4. The van der Waals surface area contributed by atoms with Crippen LogP contribution in [0.5, 0.6) is 0 Å². The fraction of sp³-hybridized carbons (Fsp3) is 0.365. The van der Waals surface area contributed by atoms with E-state index in [-0.39, 0.29) is 43.7 Å². The number of hydrogen-bond acceptors (Lipinski definition) is 12. The molecule has 2 aromatic carbocycles. The van der Waals surface area contributed by atoms with Gasteiger partial charge < -0.3 is 52.2 Å². The third-order valence-corrected chi connectivity index (χ3v) is 11.8. The van der Waals surface area contributed by atoms with Gasteiger partial charge in [-0.2, -0.15) is 0 Å². The summed E-state index contributed by atoms with van der Waals surface area (Å²) in [5.74, 6) is -9.66. The molecule has 22 nitrogen and oxygen atoms in total. The molecule has 10 amide bonds. The SMILES string of the molecule is C[C@@H](NC(=O)Cc1ccncc1)C(=O)NCC(=O)N[C@@H](CC(N)=O)C(=O)N[C@@H](CCN(C(=O)CO)[C@@H](c1cc(-c2cc(F)ccc2F)cn1Cc1ccccc1)C(C)(C)C)C(=O)NCCNC(=O)CN1C(=O)C=CC1=O. The molecule has 3 heterocycles. The number of carbonyl (C=O) groups excluding carboxylic acids is 10. The molecule has 4 atom stereocenters. The second kappa shape index (κ2) is 27.0. The van der Waals surface area contributed by atoms with Crippen molar-refractivity contribution in [2.45, 2.75) is 77.7 Å². The summed E-state index contributed by atoms with van der Waals surface area (Å²) >= 11 is 0. The van der Waals surface area contributed by atoms with Gasteiger partial charge in [0.15, 0.2) is 0 Å². The van der Waals surface area contributed by atoms with E-state index in [4.69, 9.17) is 5.73 Å². The normalized spacial score (nSPS) is 13.7. The molecule has 2 aromatic heterocycles. The van der Waals surface area contributed by atoms with Gasteiger partial charge in [0, 0.05) is 73.7 Å². The van der Waals surface area contributed by atoms with Crippen molar-refractivity contribution in [3.63, 3.8) is 0 Å². The minimum Gasteiger partial charge on any atom is -0.387 e. The summed E-state index contributed by atoms with van der Waals surface area (Å²) in [6.07, 6.45) is 5.36. The molecule has 24 heteroatoms. The van der Waals surface area contributed by atoms with E-state index >= 15 is 4.39 Å². The van der Waals surface area contributed by atoms with Gasteiger partial charge in [-0.1, -0.05) is 51.1 Å². The average Bonchev–Trinajstić information content (AvgIpc) is 3.93. The zero-order valence-electron chi connectivity index (χ0n) is 42.3. The maximum absolute atomic E-state index is 15.4. The first-order valence-electron chi connectivity index (χ1n) is 24.1. The molecule has 0 spiro atoms. The van der Waals surface area contributed by atoms with Gasteiger partial charge in [-0.25, -0.2) is 8.78 Å². The number of nitrogens with one attached hydrogen (secondary N) is 6. The van der Waals surface area contributed by atoms with Gasteiger partial charge in [0.25, 0.3) is 11.8 Å². The van der Waals surface area contributed by atoms with Crippen LogP contribution in [0.1, 0.15) is 63.4 Å². The molecule has 76 heavy (non-hydrogen) atoms. The number of amides is 10. The molecule has 9 N–H and O–H groups in total. The first kappa shape index (κ1) is 58.2. The Kier molecular flexibility index (Phi) is 20.7. The Morgan fingerprint density at radius 1 is 0.763 bits per heavy atom. The Morgan fingerprint density at radius 2 is 1.43 bits per heavy atom. The Hall–Kier alpha value is -8.67. The number of aromatic nitrogens is 2. The number of nitrogens with zero attached hydrogens (tertiary/aromatic N) is 4. The van der Waals surface area contributed by atoms with Crippen LogP contribution in [0.25, 0.3) is 11.1 Å². The van der Waals surface area contributed by atoms with Crippen molar-refractivity contribution in [3.05, 3.63) is 126 Å². The number of primary amides is 1. The average molecular weight is 1050 g/mol. The van der Waals surface area contributed by atoms with E-state index in [1.807, 2.05) is 30.3 Å². The van der Waals surface area contributed by atoms with Gasteiger partial charge in [-0.15, -0.1) is 0 Å². The number of halogens is 2. The van der Waals surface area contributed by atoms with E-state index in [1.54, 1.807) is 49.7 Å². The predicted molar refractivity (Wildman–Crippen MR) is 269 cm³/mol. The van der Waals surface area contributed by atoms with E-state index in [1.165, 1.54) is 24.2 Å². The number of aliphatic hydroxyl groups is 1. The van der Waals surface area contributed by atoms with Crippen molar-refractivity contribution in [2.75, 3.05) is 39.3 Å². The first-order chi connectivity index (χ1) is 36.0. The van der Waals surface area contributed by atoms with E-state index < -0.39 is 133 Å². The van der Waals surface area contributed by atoms with Crippen LogP contribution in [0.2, 0.25) is 0 Å². The Morgan fingerprint density at radius 3 is 2.08 bits per heavy atom. The Labute approximate surface area is 436 Å². The quantitative estimate of drug-likeness (QED) is 0.0306. The van der Waals surface area contributed by atoms with Crippen LogP contribution in [0.3, 0.4) is 0 Å². The summed E-state index contributed by atoms with van der Waals surface area (Å²) in [6, 6.07) is 11.6. The number of hydrogen-bond donors (Lipinski definition) is 8. The highest BCUT2D eigenvalue weighted by molar-refractivity contribution is 6.14. The summed E-state index contributed by atoms with van der Waals surface area (Å²) in [4.78, 5) is 135. The molecule has 0 aliphatic carbocycles. The Balaban J connectivity index is 1.39. The predicted octanol–water partition coefficient (Wildman–Crippen LogP) is 0.0408. The number of pyridine rings is 1. The van der Waals surface area contributed by atoms with Crippen LogP contribution in [-0.4, -0.2) is 141 Å². The number of aliphatic hydroxyl groups excluding tert-OH is 1. The van der Waals surface area contributed by atoms with Crippen LogP contribution >= 0.6 is 0 Å². The molecule has 0 saturated heterocycles. The standard InChI is InChI=1S/C52H61F2N11O11/c1-31(60-42(68)22-32-14-17-56-18-15-32)49(74)59-26-43(69)61-39(25-41(55)67)51(76)62-38(50(75)58-20-19-57-44(70)29-65-45(71)12-13-46(65)72)16-21-64(47(73)30-66)48(52(2,3)4)40-23-34(36-24-35(53)10-11-37(36)54)28-63(40)27-33-8-6-5-7-9-33/h5-15,17-18,23-24,28,31,38-39,48,66H,16,19-22,25-27,29-30H2,1-4H3,(H2,55,67)(H,57,70)(H,58,75)(H,59,74)(H,60,68)(H,61,69)(H,62,76)/t31-,38+,39+,48+/m1/s1. The van der Waals surface area contributed by atoms with E-state index in [0.29, 0.717) is 16.2 Å². The van der Waals surface area contributed by atoms with Gasteiger partial charge in [0.05, 0.1) is 25.4 Å². The molecule has 0 bridgehead atoms. The lowest BCUT2D eigenvalue weighted by Gasteiger charge is -2.41. The zero-order valence-corrected chi connectivity index (χ0v) is 42.3. The number of imide groups is 1. The minimum atomic E-state index is -1.74. The number of benzene rings is 2. The lowest BCUT2D eigenvalue weighted by atomic mass is 9.82. The third kappa shape index (κ3) is 16.9. The summed E-state index contributed by atoms with van der Waals surface area (Å²) in [5.41, 5.74) is 6.64.